The molecule has 0 bridgehead atoms. The molecule has 1 aliphatic rings. The number of hydrogen-bond acceptors (Lipinski definition) is 4. The average molecular weight is 427 g/mol. The summed E-state index contributed by atoms with van der Waals surface area (Å²) in [4.78, 5) is 23.5. The highest BCUT2D eigenvalue weighted by molar-refractivity contribution is 7.09. The number of thiazole rings is 1. The van der Waals surface area contributed by atoms with Gasteiger partial charge in [0, 0.05) is 44.3 Å². The van der Waals surface area contributed by atoms with Gasteiger partial charge >= 0.3 is 0 Å². The second kappa shape index (κ2) is 10.2. The summed E-state index contributed by atoms with van der Waals surface area (Å²) in [5.74, 6) is 0.853. The van der Waals surface area contributed by atoms with E-state index in [1.807, 2.05) is 13.4 Å². The third kappa shape index (κ3) is 5.48. The largest absolute Gasteiger partial charge is 0.366 e. The van der Waals surface area contributed by atoms with Crippen molar-refractivity contribution in [1.82, 2.24) is 15.2 Å². The lowest BCUT2D eigenvalue weighted by molar-refractivity contribution is -0.125. The van der Waals surface area contributed by atoms with Crippen LogP contribution in [0.15, 0.2) is 22.5 Å². The zero-order chi connectivity index (χ0) is 21.7. The van der Waals surface area contributed by atoms with Gasteiger partial charge in [-0.3, -0.25) is 4.79 Å². The Hall–Kier alpha value is -2.21. The van der Waals surface area contributed by atoms with Crippen LogP contribution in [0.5, 0.6) is 0 Å². The van der Waals surface area contributed by atoms with E-state index in [1.165, 1.54) is 27.4 Å². The Bertz CT molecular complexity index is 897. The minimum absolute atomic E-state index is 0.174. The van der Waals surface area contributed by atoms with Crippen LogP contribution >= 0.6 is 11.3 Å². The molecule has 0 atom stereocenters. The number of carbonyl (C=O) groups excluding carboxylic acids is 1. The van der Waals surface area contributed by atoms with Gasteiger partial charge in [-0.2, -0.15) is 0 Å². The summed E-state index contributed by atoms with van der Waals surface area (Å²) in [6, 6.07) is 4.43. The molecule has 2 aromatic rings. The first-order valence-corrected chi connectivity index (χ1v) is 11.8. The van der Waals surface area contributed by atoms with E-state index in [2.05, 4.69) is 53.5 Å². The van der Waals surface area contributed by atoms with Crippen molar-refractivity contribution in [1.29, 1.82) is 0 Å². The predicted octanol–water partition coefficient (Wildman–Crippen LogP) is 4.98. The summed E-state index contributed by atoms with van der Waals surface area (Å²) in [5.41, 5.74) is 6.02. The molecule has 1 N–H and O–H groups in total. The standard InChI is InChI=1S/C24H34N4OS/c1-6-28(5)15-26-21-12-16(2)20(11-17(21)3)13-23-27-22(14-30-23)18-7-9-19(10-8-18)24(29)25-4/h11-12,14-15,18-19H,6-10,13H2,1-5H3,(H,25,29)/b26-15+. The van der Waals surface area contributed by atoms with Crippen molar-refractivity contribution in [2.24, 2.45) is 10.9 Å². The van der Waals surface area contributed by atoms with E-state index in [0.29, 0.717) is 5.92 Å². The Labute approximate surface area is 184 Å². The molecule has 30 heavy (non-hydrogen) atoms. The number of amides is 1. The third-order valence-corrected chi connectivity index (χ3v) is 7.09. The molecule has 0 unspecified atom stereocenters. The van der Waals surface area contributed by atoms with Crippen molar-refractivity contribution < 1.29 is 4.79 Å². The zero-order valence-electron chi connectivity index (χ0n) is 18.9. The second-order valence-electron chi connectivity index (χ2n) is 8.39. The van der Waals surface area contributed by atoms with Gasteiger partial charge < -0.3 is 10.2 Å². The van der Waals surface area contributed by atoms with Gasteiger partial charge in [-0.25, -0.2) is 9.98 Å². The number of hydrogen-bond donors (Lipinski definition) is 1. The Balaban J connectivity index is 1.65. The van der Waals surface area contributed by atoms with E-state index in [1.54, 1.807) is 18.4 Å². The third-order valence-electron chi connectivity index (χ3n) is 6.22. The van der Waals surface area contributed by atoms with Crippen molar-refractivity contribution in [3.8, 4) is 0 Å². The molecule has 1 heterocycles. The molecule has 0 saturated heterocycles. The van der Waals surface area contributed by atoms with E-state index >= 15 is 0 Å². The first-order valence-electron chi connectivity index (χ1n) is 10.9. The first kappa shape index (κ1) is 22.5. The number of nitrogens with one attached hydrogen (secondary N) is 1. The fourth-order valence-corrected chi connectivity index (χ4v) is 4.94. The number of rotatable bonds is 7. The summed E-state index contributed by atoms with van der Waals surface area (Å²) >= 11 is 1.76. The Kier molecular flexibility index (Phi) is 7.64. The first-order chi connectivity index (χ1) is 14.4. The smallest absolute Gasteiger partial charge is 0.222 e. The van der Waals surface area contributed by atoms with Gasteiger partial charge in [-0.05, 0) is 69.2 Å². The molecule has 1 saturated carbocycles. The molecule has 0 aliphatic heterocycles. The fraction of sp³-hybridized carbons (Fsp3) is 0.542. The van der Waals surface area contributed by atoms with Crippen LogP contribution in [0.2, 0.25) is 0 Å². The van der Waals surface area contributed by atoms with Crippen molar-refractivity contribution >= 4 is 29.3 Å². The van der Waals surface area contributed by atoms with Crippen molar-refractivity contribution in [2.75, 3.05) is 20.6 Å². The van der Waals surface area contributed by atoms with Crippen molar-refractivity contribution in [3.05, 3.63) is 44.9 Å². The van der Waals surface area contributed by atoms with Crippen LogP contribution in [0.1, 0.15) is 65.9 Å². The topological polar surface area (TPSA) is 57.6 Å². The van der Waals surface area contributed by atoms with Gasteiger partial charge in [-0.1, -0.05) is 6.07 Å². The molecule has 1 amide bonds. The van der Waals surface area contributed by atoms with Gasteiger partial charge in [0.2, 0.25) is 5.91 Å². The number of carbonyl (C=O) groups is 1. The van der Waals surface area contributed by atoms with Crippen LogP contribution in [-0.2, 0) is 11.2 Å². The van der Waals surface area contributed by atoms with Gasteiger partial charge in [-0.15, -0.1) is 11.3 Å². The summed E-state index contributed by atoms with van der Waals surface area (Å²) in [6.45, 7) is 7.34. The molecule has 6 heteroatoms. The highest BCUT2D eigenvalue weighted by atomic mass is 32.1. The monoisotopic (exact) mass is 426 g/mol. The summed E-state index contributed by atoms with van der Waals surface area (Å²) in [6.07, 6.45) is 6.79. The number of aryl methyl sites for hydroxylation is 2. The number of aromatic nitrogens is 1. The van der Waals surface area contributed by atoms with E-state index in [0.717, 1.165) is 44.3 Å². The summed E-state index contributed by atoms with van der Waals surface area (Å²) in [7, 11) is 3.76. The summed E-state index contributed by atoms with van der Waals surface area (Å²) < 4.78 is 0. The maximum Gasteiger partial charge on any atom is 0.222 e. The molecule has 162 valence electrons. The number of aliphatic imine (C=N–C) groups is 1. The normalized spacial score (nSPS) is 19.2. The van der Waals surface area contributed by atoms with Crippen LogP contribution in [-0.4, -0.2) is 42.8 Å². The van der Waals surface area contributed by atoms with Gasteiger partial charge in [0.1, 0.15) is 0 Å². The number of nitrogens with zero attached hydrogens (tertiary/aromatic N) is 3. The highest BCUT2D eigenvalue weighted by Gasteiger charge is 2.27. The van der Waals surface area contributed by atoms with Gasteiger partial charge in [0.25, 0.3) is 0 Å². The van der Waals surface area contributed by atoms with E-state index in [-0.39, 0.29) is 11.8 Å². The van der Waals surface area contributed by atoms with Crippen LogP contribution in [0, 0.1) is 19.8 Å². The van der Waals surface area contributed by atoms with Gasteiger partial charge in [0.15, 0.2) is 0 Å². The Morgan fingerprint density at radius 3 is 2.67 bits per heavy atom. The van der Waals surface area contributed by atoms with Crippen LogP contribution in [0.25, 0.3) is 0 Å². The molecule has 1 aliphatic carbocycles. The number of benzene rings is 1. The van der Waals surface area contributed by atoms with Crippen molar-refractivity contribution in [3.63, 3.8) is 0 Å². The molecule has 1 aromatic heterocycles. The molecular weight excluding hydrogens is 392 g/mol. The predicted molar refractivity (Wildman–Crippen MR) is 126 cm³/mol. The molecule has 1 aromatic carbocycles. The quantitative estimate of drug-likeness (QED) is 0.502. The van der Waals surface area contributed by atoms with Crippen LogP contribution < -0.4 is 5.32 Å². The molecule has 5 nitrogen and oxygen atoms in total. The molecular formula is C24H34N4OS. The Morgan fingerprint density at radius 2 is 2.00 bits per heavy atom. The minimum Gasteiger partial charge on any atom is -0.366 e. The molecule has 3 rings (SSSR count). The second-order valence-corrected chi connectivity index (χ2v) is 9.33. The maximum absolute atomic E-state index is 11.9. The molecule has 0 spiro atoms. The Morgan fingerprint density at radius 1 is 1.27 bits per heavy atom. The van der Waals surface area contributed by atoms with Crippen LogP contribution in [0.3, 0.4) is 0 Å². The van der Waals surface area contributed by atoms with E-state index in [9.17, 15) is 4.79 Å². The lowest BCUT2D eigenvalue weighted by Crippen LogP contribution is -2.30. The maximum atomic E-state index is 11.9. The van der Waals surface area contributed by atoms with Crippen molar-refractivity contribution in [2.45, 2.75) is 58.8 Å². The van der Waals surface area contributed by atoms with E-state index < -0.39 is 0 Å². The minimum atomic E-state index is 0.174. The SMILES string of the molecule is CCN(C)/C=N/c1cc(C)c(Cc2nc(C3CCC(C(=O)NC)CC3)cs2)cc1C. The van der Waals surface area contributed by atoms with E-state index in [4.69, 9.17) is 4.98 Å². The summed E-state index contributed by atoms with van der Waals surface area (Å²) in [5, 5.41) is 6.18. The lowest BCUT2D eigenvalue weighted by Gasteiger charge is -2.26. The van der Waals surface area contributed by atoms with Gasteiger partial charge in [0.05, 0.1) is 22.7 Å². The fourth-order valence-electron chi connectivity index (χ4n) is 4.04. The highest BCUT2D eigenvalue weighted by Crippen LogP contribution is 2.36. The lowest BCUT2D eigenvalue weighted by atomic mass is 9.80. The van der Waals surface area contributed by atoms with Crippen LogP contribution in [0.4, 0.5) is 5.69 Å². The average Bonchev–Trinajstić information content (AvgIpc) is 3.22. The zero-order valence-corrected chi connectivity index (χ0v) is 19.7. The molecule has 0 radical (unpaired) electrons. The molecule has 1 fully saturated rings.